The minimum absolute atomic E-state index is 0.0600. The van der Waals surface area contributed by atoms with Gasteiger partial charge in [-0.05, 0) is 29.8 Å². The fraction of sp³-hybridized carbons (Fsp3) is 0.111. The number of hydrogen-bond donors (Lipinski definition) is 1. The first-order valence-electron chi connectivity index (χ1n) is 7.33. The number of benzene rings is 2. The Morgan fingerprint density at radius 3 is 2.67 bits per heavy atom. The van der Waals surface area contributed by atoms with Crippen LogP contribution in [0.2, 0.25) is 10.0 Å². The minimum atomic E-state index is -0.171. The summed E-state index contributed by atoms with van der Waals surface area (Å²) in [4.78, 5) is 24.1. The minimum Gasteiger partial charge on any atom is -0.350 e. The van der Waals surface area contributed by atoms with Crippen molar-refractivity contribution >= 4 is 40.0 Å². The van der Waals surface area contributed by atoms with Crippen LogP contribution in [-0.4, -0.2) is 10.5 Å². The molecule has 0 fully saturated rings. The van der Waals surface area contributed by atoms with Crippen LogP contribution in [0.25, 0.3) is 10.9 Å². The highest BCUT2D eigenvalue weighted by molar-refractivity contribution is 6.35. The second-order valence-electron chi connectivity index (χ2n) is 5.34. The molecule has 0 atom stereocenters. The number of fused-ring (bicyclic) bond motifs is 1. The van der Waals surface area contributed by atoms with Gasteiger partial charge >= 0.3 is 0 Å². The van der Waals surface area contributed by atoms with E-state index in [2.05, 4.69) is 5.32 Å². The van der Waals surface area contributed by atoms with Crippen molar-refractivity contribution < 1.29 is 4.79 Å². The van der Waals surface area contributed by atoms with Gasteiger partial charge < -0.3 is 9.88 Å². The maximum atomic E-state index is 12.2. The Morgan fingerprint density at radius 1 is 1.08 bits per heavy atom. The zero-order valence-electron chi connectivity index (χ0n) is 12.6. The molecule has 6 heteroatoms. The molecule has 0 unspecified atom stereocenters. The Kier molecular flexibility index (Phi) is 4.88. The molecule has 0 radical (unpaired) electrons. The summed E-state index contributed by atoms with van der Waals surface area (Å²) in [6.07, 6.45) is 1.62. The van der Waals surface area contributed by atoms with Gasteiger partial charge in [-0.15, -0.1) is 0 Å². The van der Waals surface area contributed by atoms with Crippen LogP contribution >= 0.6 is 23.2 Å². The first-order valence-corrected chi connectivity index (χ1v) is 8.09. The summed E-state index contributed by atoms with van der Waals surface area (Å²) in [5.41, 5.74) is 1.46. The molecular weight excluding hydrogens is 347 g/mol. The lowest BCUT2D eigenvalue weighted by molar-refractivity contribution is -0.121. The van der Waals surface area contributed by atoms with Gasteiger partial charge in [0.25, 0.3) is 0 Å². The molecule has 0 aliphatic carbocycles. The number of nitrogens with one attached hydrogen (secondary N) is 1. The van der Waals surface area contributed by atoms with Gasteiger partial charge in [-0.25, -0.2) is 0 Å². The van der Waals surface area contributed by atoms with E-state index in [9.17, 15) is 9.59 Å². The Labute approximate surface area is 148 Å². The number of aromatic nitrogens is 1. The van der Waals surface area contributed by atoms with E-state index in [1.165, 1.54) is 6.07 Å². The number of carbonyl (C=O) groups is 1. The summed E-state index contributed by atoms with van der Waals surface area (Å²) < 4.78 is 1.75. The van der Waals surface area contributed by atoms with E-state index in [1.54, 1.807) is 41.1 Å². The molecule has 1 amide bonds. The lowest BCUT2D eigenvalue weighted by Gasteiger charge is -2.11. The predicted molar refractivity (Wildman–Crippen MR) is 96.5 cm³/mol. The van der Waals surface area contributed by atoms with Crippen LogP contribution in [-0.2, 0) is 17.9 Å². The van der Waals surface area contributed by atoms with Gasteiger partial charge in [0.1, 0.15) is 6.54 Å². The lowest BCUT2D eigenvalue weighted by Crippen LogP contribution is -2.27. The normalized spacial score (nSPS) is 10.8. The summed E-state index contributed by atoms with van der Waals surface area (Å²) in [7, 11) is 0. The van der Waals surface area contributed by atoms with Crippen molar-refractivity contribution in [2.45, 2.75) is 13.1 Å². The van der Waals surface area contributed by atoms with Gasteiger partial charge in [0, 0.05) is 34.2 Å². The molecule has 0 aliphatic rings. The van der Waals surface area contributed by atoms with Gasteiger partial charge in [-0.2, -0.15) is 0 Å². The molecule has 0 spiro atoms. The Hall–Kier alpha value is -2.30. The molecular formula is C18H14Cl2N2O2. The van der Waals surface area contributed by atoms with Crippen molar-refractivity contribution in [3.63, 3.8) is 0 Å². The van der Waals surface area contributed by atoms with Gasteiger partial charge in [0.15, 0.2) is 5.43 Å². The number of amides is 1. The molecule has 0 aliphatic heterocycles. The molecule has 1 aromatic heterocycles. The highest BCUT2D eigenvalue weighted by Gasteiger charge is 2.08. The fourth-order valence-corrected chi connectivity index (χ4v) is 2.94. The number of halogens is 2. The third kappa shape index (κ3) is 3.61. The molecule has 3 aromatic rings. The van der Waals surface area contributed by atoms with Gasteiger partial charge in [0.05, 0.1) is 5.52 Å². The SMILES string of the molecule is O=C(Cn1ccc(=O)c2ccccc21)NCc1ccc(Cl)cc1Cl. The molecule has 2 aromatic carbocycles. The van der Waals surface area contributed by atoms with E-state index in [4.69, 9.17) is 23.2 Å². The van der Waals surface area contributed by atoms with E-state index in [0.29, 0.717) is 22.0 Å². The summed E-state index contributed by atoms with van der Waals surface area (Å²) in [6.45, 7) is 0.430. The first kappa shape index (κ1) is 16.6. The molecule has 1 heterocycles. The zero-order valence-corrected chi connectivity index (χ0v) is 14.1. The third-order valence-corrected chi connectivity index (χ3v) is 4.28. The Balaban J connectivity index is 1.74. The summed E-state index contributed by atoms with van der Waals surface area (Å²) in [6, 6.07) is 13.8. The van der Waals surface area contributed by atoms with Crippen LogP contribution in [0.15, 0.2) is 59.5 Å². The van der Waals surface area contributed by atoms with Crippen molar-refractivity contribution in [1.29, 1.82) is 0 Å². The molecule has 1 N–H and O–H groups in total. The zero-order chi connectivity index (χ0) is 17.1. The maximum Gasteiger partial charge on any atom is 0.240 e. The van der Waals surface area contributed by atoms with Crippen molar-refractivity contribution in [2.24, 2.45) is 0 Å². The molecule has 122 valence electrons. The van der Waals surface area contributed by atoms with E-state index < -0.39 is 0 Å². The Morgan fingerprint density at radius 2 is 1.88 bits per heavy atom. The van der Waals surface area contributed by atoms with Crippen LogP contribution in [0.3, 0.4) is 0 Å². The topological polar surface area (TPSA) is 51.1 Å². The standard InChI is InChI=1S/C18H14Cl2N2O2/c19-13-6-5-12(15(20)9-13)10-21-18(24)11-22-8-7-17(23)14-3-1-2-4-16(14)22/h1-9H,10-11H2,(H,21,24). The van der Waals surface area contributed by atoms with Gasteiger partial charge in [-0.1, -0.05) is 41.4 Å². The second kappa shape index (κ2) is 7.07. The average Bonchev–Trinajstić information content (AvgIpc) is 2.57. The van der Waals surface area contributed by atoms with E-state index >= 15 is 0 Å². The first-order chi connectivity index (χ1) is 11.5. The molecule has 3 rings (SSSR count). The van der Waals surface area contributed by atoms with Crippen molar-refractivity contribution in [1.82, 2.24) is 9.88 Å². The van der Waals surface area contributed by atoms with E-state index in [1.807, 2.05) is 12.1 Å². The van der Waals surface area contributed by atoms with Gasteiger partial charge in [-0.3, -0.25) is 9.59 Å². The smallest absolute Gasteiger partial charge is 0.240 e. The number of hydrogen-bond acceptors (Lipinski definition) is 2. The molecule has 0 saturated heterocycles. The summed E-state index contributed by atoms with van der Waals surface area (Å²) in [5.74, 6) is -0.171. The Bertz CT molecular complexity index is 967. The quantitative estimate of drug-likeness (QED) is 0.772. The van der Waals surface area contributed by atoms with Crippen molar-refractivity contribution in [3.8, 4) is 0 Å². The molecule has 0 bridgehead atoms. The van der Waals surface area contributed by atoms with Gasteiger partial charge in [0.2, 0.25) is 5.91 Å². The maximum absolute atomic E-state index is 12.2. The average molecular weight is 361 g/mol. The number of para-hydroxylation sites is 1. The molecule has 24 heavy (non-hydrogen) atoms. The summed E-state index contributed by atoms with van der Waals surface area (Å²) >= 11 is 11.9. The van der Waals surface area contributed by atoms with Crippen molar-refractivity contribution in [2.75, 3.05) is 0 Å². The second-order valence-corrected chi connectivity index (χ2v) is 6.18. The van der Waals surface area contributed by atoms with E-state index in [0.717, 1.165) is 11.1 Å². The van der Waals surface area contributed by atoms with Crippen LogP contribution in [0.5, 0.6) is 0 Å². The number of pyridine rings is 1. The number of carbonyl (C=O) groups excluding carboxylic acids is 1. The van der Waals surface area contributed by atoms with E-state index in [-0.39, 0.29) is 17.9 Å². The van der Waals surface area contributed by atoms with Crippen LogP contribution in [0, 0.1) is 0 Å². The van der Waals surface area contributed by atoms with Crippen LogP contribution in [0.4, 0.5) is 0 Å². The predicted octanol–water partition coefficient (Wildman–Crippen LogP) is 3.62. The highest BCUT2D eigenvalue weighted by Crippen LogP contribution is 2.20. The number of rotatable bonds is 4. The molecule has 4 nitrogen and oxygen atoms in total. The third-order valence-electron chi connectivity index (χ3n) is 3.69. The summed E-state index contributed by atoms with van der Waals surface area (Å²) in [5, 5.41) is 4.47. The monoisotopic (exact) mass is 360 g/mol. The highest BCUT2D eigenvalue weighted by atomic mass is 35.5. The fourth-order valence-electron chi connectivity index (χ4n) is 2.47. The van der Waals surface area contributed by atoms with Crippen molar-refractivity contribution in [3.05, 3.63) is 80.6 Å². The lowest BCUT2D eigenvalue weighted by atomic mass is 10.2. The molecule has 0 saturated carbocycles. The van der Waals surface area contributed by atoms with Crippen LogP contribution in [0.1, 0.15) is 5.56 Å². The largest absolute Gasteiger partial charge is 0.350 e. The number of nitrogens with zero attached hydrogens (tertiary/aromatic N) is 1. The van der Waals surface area contributed by atoms with Crippen LogP contribution < -0.4 is 10.7 Å².